The summed E-state index contributed by atoms with van der Waals surface area (Å²) in [5.41, 5.74) is 1.05. The molecule has 2 rings (SSSR count). The van der Waals surface area contributed by atoms with Crippen molar-refractivity contribution in [3.05, 3.63) is 18.2 Å². The van der Waals surface area contributed by atoms with Crippen LogP contribution in [0.15, 0.2) is 12.5 Å². The summed E-state index contributed by atoms with van der Waals surface area (Å²) in [4.78, 5) is 6.96. The van der Waals surface area contributed by atoms with E-state index in [0.717, 1.165) is 25.4 Å². The van der Waals surface area contributed by atoms with Crippen molar-refractivity contribution in [2.45, 2.75) is 6.10 Å². The smallest absolute Gasteiger partial charge is 0.111 e. The highest BCUT2D eigenvalue weighted by Crippen LogP contribution is 2.14. The van der Waals surface area contributed by atoms with Gasteiger partial charge in [-0.2, -0.15) is 0 Å². The number of imidazole rings is 1. The van der Waals surface area contributed by atoms with E-state index < -0.39 is 0 Å². The molecule has 1 aliphatic heterocycles. The molecule has 0 bridgehead atoms. The van der Waals surface area contributed by atoms with Crippen LogP contribution in [0.4, 0.5) is 0 Å². The lowest BCUT2D eigenvalue weighted by atomic mass is 10.2. The first-order chi connectivity index (χ1) is 5.47. The highest BCUT2D eigenvalue weighted by Gasteiger charge is 2.15. The third-order valence-electron chi connectivity index (χ3n) is 1.79. The second-order valence-corrected chi connectivity index (χ2v) is 2.57. The van der Waals surface area contributed by atoms with Gasteiger partial charge in [-0.3, -0.25) is 0 Å². The predicted octanol–water partition coefficient (Wildman–Crippen LogP) is 0.0706. The molecule has 4 heteroatoms. The number of aromatic nitrogens is 2. The zero-order valence-corrected chi connectivity index (χ0v) is 6.21. The van der Waals surface area contributed by atoms with Crippen LogP contribution in [0.2, 0.25) is 0 Å². The molecule has 1 unspecified atom stereocenters. The lowest BCUT2D eigenvalue weighted by Crippen LogP contribution is -2.33. The zero-order valence-electron chi connectivity index (χ0n) is 6.21. The number of nitrogens with one attached hydrogen (secondary N) is 2. The van der Waals surface area contributed by atoms with Gasteiger partial charge in [-0.15, -0.1) is 0 Å². The van der Waals surface area contributed by atoms with Crippen LogP contribution in [0.1, 0.15) is 11.8 Å². The Morgan fingerprint density at radius 3 is 3.27 bits per heavy atom. The molecule has 1 aliphatic rings. The highest BCUT2D eigenvalue weighted by atomic mass is 16.5. The van der Waals surface area contributed by atoms with Gasteiger partial charge in [0.25, 0.3) is 0 Å². The van der Waals surface area contributed by atoms with Gasteiger partial charge in [-0.05, 0) is 0 Å². The molecule has 0 saturated carbocycles. The first-order valence-corrected chi connectivity index (χ1v) is 3.77. The van der Waals surface area contributed by atoms with E-state index in [4.69, 9.17) is 4.74 Å². The van der Waals surface area contributed by atoms with Crippen LogP contribution < -0.4 is 5.32 Å². The first kappa shape index (κ1) is 6.82. The Balaban J connectivity index is 2.04. The maximum absolute atomic E-state index is 5.49. The van der Waals surface area contributed by atoms with E-state index in [9.17, 15) is 0 Å². The fraction of sp³-hybridized carbons (Fsp3) is 0.571. The minimum atomic E-state index is 0.159. The van der Waals surface area contributed by atoms with Gasteiger partial charge in [0, 0.05) is 13.1 Å². The Morgan fingerprint density at radius 2 is 2.64 bits per heavy atom. The minimum absolute atomic E-state index is 0.159. The maximum Gasteiger partial charge on any atom is 0.111 e. The molecule has 0 aromatic carbocycles. The van der Waals surface area contributed by atoms with Gasteiger partial charge < -0.3 is 15.0 Å². The average molecular weight is 153 g/mol. The van der Waals surface area contributed by atoms with Gasteiger partial charge >= 0.3 is 0 Å². The van der Waals surface area contributed by atoms with Gasteiger partial charge in [0.1, 0.15) is 6.10 Å². The second kappa shape index (κ2) is 3.02. The van der Waals surface area contributed by atoms with Crippen molar-refractivity contribution in [3.8, 4) is 0 Å². The number of ether oxygens (including phenoxy) is 1. The second-order valence-electron chi connectivity index (χ2n) is 2.57. The average Bonchev–Trinajstić information content (AvgIpc) is 2.58. The molecule has 60 valence electrons. The minimum Gasteiger partial charge on any atom is -0.369 e. The topological polar surface area (TPSA) is 49.9 Å². The summed E-state index contributed by atoms with van der Waals surface area (Å²) in [7, 11) is 0. The van der Waals surface area contributed by atoms with Crippen molar-refractivity contribution in [1.82, 2.24) is 15.3 Å². The van der Waals surface area contributed by atoms with Crippen molar-refractivity contribution < 1.29 is 4.74 Å². The number of H-pyrrole nitrogens is 1. The Morgan fingerprint density at radius 1 is 1.64 bits per heavy atom. The molecule has 0 spiro atoms. The molecule has 2 heterocycles. The van der Waals surface area contributed by atoms with Crippen molar-refractivity contribution in [2.24, 2.45) is 0 Å². The number of nitrogens with zero attached hydrogens (tertiary/aromatic N) is 1. The molecule has 0 amide bonds. The Labute approximate surface area is 65.0 Å². The Kier molecular flexibility index (Phi) is 1.87. The van der Waals surface area contributed by atoms with Crippen LogP contribution in [-0.2, 0) is 4.74 Å². The molecule has 0 aliphatic carbocycles. The third-order valence-corrected chi connectivity index (χ3v) is 1.79. The summed E-state index contributed by atoms with van der Waals surface area (Å²) in [6.45, 7) is 2.61. The van der Waals surface area contributed by atoms with Crippen molar-refractivity contribution in [1.29, 1.82) is 0 Å². The van der Waals surface area contributed by atoms with E-state index in [1.54, 1.807) is 12.5 Å². The van der Waals surface area contributed by atoms with Crippen LogP contribution >= 0.6 is 0 Å². The fourth-order valence-electron chi connectivity index (χ4n) is 1.21. The molecular weight excluding hydrogens is 142 g/mol. The summed E-state index contributed by atoms with van der Waals surface area (Å²) < 4.78 is 5.49. The van der Waals surface area contributed by atoms with E-state index in [2.05, 4.69) is 15.3 Å². The number of hydrogen-bond acceptors (Lipinski definition) is 3. The van der Waals surface area contributed by atoms with Gasteiger partial charge in [0.05, 0.1) is 24.8 Å². The van der Waals surface area contributed by atoms with Crippen LogP contribution in [0.25, 0.3) is 0 Å². The molecule has 1 saturated heterocycles. The van der Waals surface area contributed by atoms with Crippen LogP contribution in [0.5, 0.6) is 0 Å². The summed E-state index contributed by atoms with van der Waals surface area (Å²) in [5, 5.41) is 3.25. The first-order valence-electron chi connectivity index (χ1n) is 3.77. The van der Waals surface area contributed by atoms with Crippen molar-refractivity contribution in [3.63, 3.8) is 0 Å². The van der Waals surface area contributed by atoms with Crippen LogP contribution in [0, 0.1) is 0 Å². The number of morpholine rings is 1. The zero-order chi connectivity index (χ0) is 7.52. The van der Waals surface area contributed by atoms with E-state index in [1.165, 1.54) is 0 Å². The summed E-state index contributed by atoms with van der Waals surface area (Å²) in [5.74, 6) is 0. The van der Waals surface area contributed by atoms with E-state index in [1.807, 2.05) is 0 Å². The number of rotatable bonds is 1. The van der Waals surface area contributed by atoms with Gasteiger partial charge in [-0.1, -0.05) is 0 Å². The molecule has 0 radical (unpaired) electrons. The summed E-state index contributed by atoms with van der Waals surface area (Å²) >= 11 is 0. The quantitative estimate of drug-likeness (QED) is 0.600. The lowest BCUT2D eigenvalue weighted by Gasteiger charge is -2.22. The number of aromatic amines is 1. The molecule has 4 nitrogen and oxygen atoms in total. The standard InChI is InChI=1S/C7H11N3O/c1-2-11-7(4-8-1)6-3-9-5-10-6/h3,5,7-8H,1-2,4H2,(H,9,10). The monoisotopic (exact) mass is 153 g/mol. The van der Waals surface area contributed by atoms with E-state index >= 15 is 0 Å². The molecule has 1 aromatic heterocycles. The Hall–Kier alpha value is -0.870. The van der Waals surface area contributed by atoms with Crippen molar-refractivity contribution in [2.75, 3.05) is 19.7 Å². The normalized spacial score (nSPS) is 25.3. The van der Waals surface area contributed by atoms with Crippen LogP contribution in [0.3, 0.4) is 0 Å². The SMILES string of the molecule is c1ncc(C2CNCCO2)[nH]1. The lowest BCUT2D eigenvalue weighted by molar-refractivity contribution is 0.0253. The largest absolute Gasteiger partial charge is 0.369 e. The molecule has 1 fully saturated rings. The fourth-order valence-corrected chi connectivity index (χ4v) is 1.21. The molecule has 11 heavy (non-hydrogen) atoms. The molecular formula is C7H11N3O. The molecule has 1 aromatic rings. The summed E-state index contributed by atoms with van der Waals surface area (Å²) in [6, 6.07) is 0. The third kappa shape index (κ3) is 1.41. The highest BCUT2D eigenvalue weighted by molar-refractivity contribution is 5.00. The summed E-state index contributed by atoms with van der Waals surface area (Å²) in [6.07, 6.45) is 3.64. The number of hydrogen-bond donors (Lipinski definition) is 2. The van der Waals surface area contributed by atoms with E-state index in [-0.39, 0.29) is 6.10 Å². The maximum atomic E-state index is 5.49. The predicted molar refractivity (Wildman–Crippen MR) is 40.2 cm³/mol. The van der Waals surface area contributed by atoms with Gasteiger partial charge in [0.2, 0.25) is 0 Å². The van der Waals surface area contributed by atoms with Gasteiger partial charge in [-0.25, -0.2) is 4.98 Å². The Bertz CT molecular complexity index is 203. The molecule has 1 atom stereocenters. The van der Waals surface area contributed by atoms with Crippen LogP contribution in [-0.4, -0.2) is 29.7 Å². The molecule has 2 N–H and O–H groups in total. The van der Waals surface area contributed by atoms with Gasteiger partial charge in [0.15, 0.2) is 0 Å². The van der Waals surface area contributed by atoms with Crippen molar-refractivity contribution >= 4 is 0 Å². The van der Waals surface area contributed by atoms with E-state index in [0.29, 0.717) is 0 Å².